The Balaban J connectivity index is 1.90. The molecule has 0 aromatic carbocycles. The number of Topliss-reactive ketones (excluding diaryl/α,β-unsaturated/α-hetero) is 1. The quantitative estimate of drug-likeness (QED) is 0.498. The molecule has 2 aliphatic heterocycles. The van der Waals surface area contributed by atoms with Gasteiger partial charge in [0.15, 0.2) is 6.10 Å². The summed E-state index contributed by atoms with van der Waals surface area (Å²) in [6, 6.07) is 5.59. The van der Waals surface area contributed by atoms with Crippen LogP contribution in [0, 0.1) is 17.3 Å². The third-order valence-electron chi connectivity index (χ3n) is 7.66. The van der Waals surface area contributed by atoms with E-state index in [1.807, 2.05) is 45.0 Å². The van der Waals surface area contributed by atoms with Gasteiger partial charge >= 0.3 is 5.97 Å². The fourth-order valence-corrected chi connectivity index (χ4v) is 4.96. The number of carbonyl (C=O) groups is 2. The number of pyridine rings is 1. The van der Waals surface area contributed by atoms with Crippen LogP contribution in [0.5, 0.6) is 0 Å². The predicted octanol–water partition coefficient (Wildman–Crippen LogP) is 3.72. The van der Waals surface area contributed by atoms with E-state index in [-0.39, 0.29) is 24.2 Å². The molecule has 34 heavy (non-hydrogen) atoms. The number of aliphatic hydroxyl groups excluding tert-OH is 2. The first kappa shape index (κ1) is 26.5. The first-order valence-electron chi connectivity index (χ1n) is 12.2. The van der Waals surface area contributed by atoms with Gasteiger partial charge in [0, 0.05) is 12.1 Å². The van der Waals surface area contributed by atoms with Crippen molar-refractivity contribution in [3.8, 4) is 0 Å². The molecule has 2 fully saturated rings. The normalized spacial score (nSPS) is 37.7. The van der Waals surface area contributed by atoms with Crippen molar-refractivity contribution in [3.63, 3.8) is 0 Å². The second kappa shape index (κ2) is 10.3. The summed E-state index contributed by atoms with van der Waals surface area (Å²) in [7, 11) is 0. The highest BCUT2D eigenvalue weighted by Gasteiger charge is 2.57. The number of fused-ring (bicyclic) bond motifs is 1. The molecule has 7 heteroatoms. The lowest BCUT2D eigenvalue weighted by atomic mass is 9.73. The van der Waals surface area contributed by atoms with Crippen molar-refractivity contribution in [1.82, 2.24) is 4.98 Å². The Morgan fingerprint density at radius 3 is 2.53 bits per heavy atom. The molecule has 188 valence electrons. The van der Waals surface area contributed by atoms with Crippen LogP contribution in [0.1, 0.15) is 72.9 Å². The molecular weight excluding hydrogens is 434 g/mol. The average Bonchev–Trinajstić information content (AvgIpc) is 3.46. The maximum atomic E-state index is 13.2. The van der Waals surface area contributed by atoms with Gasteiger partial charge < -0.3 is 19.7 Å². The number of aliphatic hydroxyl groups is 2. The van der Waals surface area contributed by atoms with E-state index in [0.29, 0.717) is 0 Å². The maximum Gasteiger partial charge on any atom is 0.309 e. The summed E-state index contributed by atoms with van der Waals surface area (Å²) in [4.78, 5) is 30.4. The number of esters is 1. The number of ketones is 1. The van der Waals surface area contributed by atoms with Gasteiger partial charge in [-0.3, -0.25) is 14.6 Å². The highest BCUT2D eigenvalue weighted by atomic mass is 16.6. The summed E-state index contributed by atoms with van der Waals surface area (Å²) < 4.78 is 11.9. The van der Waals surface area contributed by atoms with Crippen molar-refractivity contribution in [2.75, 3.05) is 0 Å². The number of rotatable bonds is 2. The lowest BCUT2D eigenvalue weighted by Crippen LogP contribution is -2.45. The van der Waals surface area contributed by atoms with Gasteiger partial charge in [0.2, 0.25) is 0 Å². The van der Waals surface area contributed by atoms with Gasteiger partial charge in [-0.2, -0.15) is 0 Å². The van der Waals surface area contributed by atoms with E-state index in [0.717, 1.165) is 30.5 Å². The molecule has 0 aliphatic carbocycles. The van der Waals surface area contributed by atoms with Crippen LogP contribution in [0.3, 0.4) is 0 Å². The standard InChI is InChI=1S/C27H39NO6/c1-16-10-9-12-27(6)25(34-27)23(17(2)14-19-11-7-8-13-28-19)33-21(30)15-20(29)26(4,5)24(32)18(3)22(16)31/h7-8,11,13-14,16,18,20,22-23,25,29,31H,9-10,12,15H2,1-6H3/b17-14+. The first-order valence-corrected chi connectivity index (χ1v) is 12.2. The van der Waals surface area contributed by atoms with Crippen LogP contribution in [0.25, 0.3) is 6.08 Å². The van der Waals surface area contributed by atoms with Gasteiger partial charge in [0.1, 0.15) is 11.9 Å². The van der Waals surface area contributed by atoms with Gasteiger partial charge in [-0.1, -0.05) is 40.2 Å². The zero-order chi connectivity index (χ0) is 25.3. The number of aromatic nitrogens is 1. The van der Waals surface area contributed by atoms with Crippen molar-refractivity contribution >= 4 is 17.8 Å². The van der Waals surface area contributed by atoms with Gasteiger partial charge in [-0.05, 0) is 56.4 Å². The van der Waals surface area contributed by atoms with E-state index in [1.165, 1.54) is 0 Å². The van der Waals surface area contributed by atoms with E-state index in [9.17, 15) is 19.8 Å². The number of hydrogen-bond donors (Lipinski definition) is 2. The smallest absolute Gasteiger partial charge is 0.309 e. The molecule has 0 amide bonds. The molecular formula is C27H39NO6. The molecule has 3 rings (SSSR count). The third-order valence-corrected chi connectivity index (χ3v) is 7.66. The zero-order valence-electron chi connectivity index (χ0n) is 21.2. The van der Waals surface area contributed by atoms with Crippen molar-refractivity contribution in [2.45, 2.75) is 97.2 Å². The van der Waals surface area contributed by atoms with E-state index in [1.54, 1.807) is 27.0 Å². The Morgan fingerprint density at radius 2 is 1.88 bits per heavy atom. The Labute approximate surface area is 202 Å². The van der Waals surface area contributed by atoms with E-state index < -0.39 is 41.2 Å². The maximum absolute atomic E-state index is 13.2. The molecule has 0 spiro atoms. The second-order valence-corrected chi connectivity index (χ2v) is 10.9. The Bertz CT molecular complexity index is 913. The van der Waals surface area contributed by atoms with Gasteiger partial charge in [0.05, 0.1) is 35.3 Å². The summed E-state index contributed by atoms with van der Waals surface area (Å²) in [6.07, 6.45) is 2.53. The van der Waals surface area contributed by atoms with Gasteiger partial charge in [0.25, 0.3) is 0 Å². The Hall–Kier alpha value is -2.09. The minimum absolute atomic E-state index is 0.0858. The highest BCUT2D eigenvalue weighted by Crippen LogP contribution is 2.46. The molecule has 3 heterocycles. The van der Waals surface area contributed by atoms with Crippen molar-refractivity contribution in [2.24, 2.45) is 17.3 Å². The van der Waals surface area contributed by atoms with Crippen LogP contribution in [0.2, 0.25) is 0 Å². The average molecular weight is 474 g/mol. The van der Waals surface area contributed by atoms with Crippen molar-refractivity contribution in [3.05, 3.63) is 35.7 Å². The molecule has 1 aromatic heterocycles. The number of ether oxygens (including phenoxy) is 2. The largest absolute Gasteiger partial charge is 0.455 e. The number of cyclic esters (lactones) is 1. The first-order chi connectivity index (χ1) is 15.9. The minimum atomic E-state index is -1.24. The second-order valence-electron chi connectivity index (χ2n) is 10.9. The zero-order valence-corrected chi connectivity index (χ0v) is 21.2. The summed E-state index contributed by atoms with van der Waals surface area (Å²) in [5, 5.41) is 21.7. The molecule has 0 radical (unpaired) electrons. The van der Waals surface area contributed by atoms with Crippen molar-refractivity contribution in [1.29, 1.82) is 0 Å². The van der Waals surface area contributed by atoms with E-state index in [4.69, 9.17) is 9.47 Å². The van der Waals surface area contributed by atoms with Crippen LogP contribution >= 0.6 is 0 Å². The van der Waals surface area contributed by atoms with Crippen LogP contribution in [0.15, 0.2) is 30.0 Å². The van der Waals surface area contributed by atoms with E-state index in [2.05, 4.69) is 4.98 Å². The number of hydrogen-bond acceptors (Lipinski definition) is 7. The molecule has 7 unspecified atom stereocenters. The predicted molar refractivity (Wildman–Crippen MR) is 129 cm³/mol. The van der Waals surface area contributed by atoms with Crippen LogP contribution in [-0.2, 0) is 19.1 Å². The molecule has 2 N–H and O–H groups in total. The van der Waals surface area contributed by atoms with Crippen molar-refractivity contribution < 1.29 is 29.3 Å². The molecule has 2 aliphatic rings. The lowest BCUT2D eigenvalue weighted by molar-refractivity contribution is -0.154. The van der Waals surface area contributed by atoms with Crippen LogP contribution in [-0.4, -0.2) is 57.0 Å². The number of nitrogens with zero attached hydrogens (tertiary/aromatic N) is 1. The molecule has 7 nitrogen and oxygen atoms in total. The number of carbonyl (C=O) groups excluding carboxylic acids is 2. The summed E-state index contributed by atoms with van der Waals surface area (Å²) >= 11 is 0. The SMILES string of the molecule is C/C(=C\c1ccccn1)C1OC(=O)CC(O)C(C)(C)C(=O)C(C)C(O)C(C)CCCC2(C)OC12. The molecule has 7 atom stereocenters. The van der Waals surface area contributed by atoms with Crippen LogP contribution in [0.4, 0.5) is 0 Å². The minimum Gasteiger partial charge on any atom is -0.455 e. The lowest BCUT2D eigenvalue weighted by Gasteiger charge is -2.34. The monoisotopic (exact) mass is 473 g/mol. The molecule has 1 aromatic rings. The summed E-state index contributed by atoms with van der Waals surface area (Å²) in [5.74, 6) is -1.60. The fraction of sp³-hybridized carbons (Fsp3) is 0.667. The number of epoxide rings is 1. The van der Waals surface area contributed by atoms with Crippen LogP contribution < -0.4 is 0 Å². The topological polar surface area (TPSA) is 109 Å². The Kier molecular flexibility index (Phi) is 8.00. The fourth-order valence-electron chi connectivity index (χ4n) is 4.96. The summed E-state index contributed by atoms with van der Waals surface area (Å²) in [5.41, 5.74) is -0.114. The van der Waals surface area contributed by atoms with Gasteiger partial charge in [-0.15, -0.1) is 0 Å². The Morgan fingerprint density at radius 1 is 1.18 bits per heavy atom. The molecule has 2 saturated heterocycles. The highest BCUT2D eigenvalue weighted by molar-refractivity contribution is 5.88. The summed E-state index contributed by atoms with van der Waals surface area (Å²) in [6.45, 7) is 10.8. The van der Waals surface area contributed by atoms with Gasteiger partial charge in [-0.25, -0.2) is 0 Å². The third kappa shape index (κ3) is 5.75. The molecule has 0 bridgehead atoms. The molecule has 0 saturated carbocycles. The van der Waals surface area contributed by atoms with E-state index >= 15 is 0 Å².